The standard InChI is InChI=1S/C17H19N3OS/c18-11-15-6-9-22-16(17(21)20-15)14-3-1-2-13(10-14)12-4-7-19-8-5-12/h1-5,7-8,10,15-16H,6,9,11,18H2,(H,20,21)/t15-,16+/m1/s1. The van der Waals surface area contributed by atoms with Gasteiger partial charge in [-0.3, -0.25) is 9.78 Å². The number of nitrogens with zero attached hydrogens (tertiary/aromatic N) is 1. The molecule has 2 aromatic rings. The number of nitrogens with two attached hydrogens (primary N) is 1. The molecule has 2 atom stereocenters. The number of hydrogen-bond donors (Lipinski definition) is 2. The lowest BCUT2D eigenvalue weighted by molar-refractivity contribution is -0.121. The van der Waals surface area contributed by atoms with Gasteiger partial charge in [0.15, 0.2) is 0 Å². The van der Waals surface area contributed by atoms with Gasteiger partial charge in [0.2, 0.25) is 5.91 Å². The largest absolute Gasteiger partial charge is 0.351 e. The molecule has 3 rings (SSSR count). The van der Waals surface area contributed by atoms with Crippen LogP contribution in [0.5, 0.6) is 0 Å². The number of aromatic nitrogens is 1. The van der Waals surface area contributed by atoms with Gasteiger partial charge < -0.3 is 11.1 Å². The van der Waals surface area contributed by atoms with E-state index < -0.39 is 0 Å². The predicted octanol–water partition coefficient (Wildman–Crippen LogP) is 2.37. The first-order valence-corrected chi connectivity index (χ1v) is 8.45. The van der Waals surface area contributed by atoms with Crippen LogP contribution in [0.15, 0.2) is 48.8 Å². The van der Waals surface area contributed by atoms with Crippen LogP contribution < -0.4 is 11.1 Å². The molecule has 1 aliphatic rings. The highest BCUT2D eigenvalue weighted by molar-refractivity contribution is 8.00. The molecule has 0 bridgehead atoms. The maximum absolute atomic E-state index is 12.4. The van der Waals surface area contributed by atoms with Crippen LogP contribution in [0.25, 0.3) is 11.1 Å². The van der Waals surface area contributed by atoms with E-state index in [0.717, 1.165) is 28.9 Å². The summed E-state index contributed by atoms with van der Waals surface area (Å²) < 4.78 is 0. The third kappa shape index (κ3) is 3.31. The monoisotopic (exact) mass is 313 g/mol. The Morgan fingerprint density at radius 1 is 1.23 bits per heavy atom. The average Bonchev–Trinajstić information content (AvgIpc) is 2.77. The molecule has 2 heterocycles. The highest BCUT2D eigenvalue weighted by Gasteiger charge is 2.26. The molecule has 0 radical (unpaired) electrons. The summed E-state index contributed by atoms with van der Waals surface area (Å²) in [5.41, 5.74) is 8.94. The Labute approximate surface area is 134 Å². The zero-order valence-corrected chi connectivity index (χ0v) is 13.1. The van der Waals surface area contributed by atoms with Gasteiger partial charge in [0, 0.05) is 25.0 Å². The fourth-order valence-electron chi connectivity index (χ4n) is 2.60. The second kappa shape index (κ2) is 6.94. The summed E-state index contributed by atoms with van der Waals surface area (Å²) in [5.74, 6) is 0.995. The Hall–Kier alpha value is -1.85. The van der Waals surface area contributed by atoms with Crippen LogP contribution in [0.2, 0.25) is 0 Å². The van der Waals surface area contributed by atoms with Gasteiger partial charge in [-0.2, -0.15) is 0 Å². The molecule has 3 N–H and O–H groups in total. The van der Waals surface area contributed by atoms with Crippen molar-refractivity contribution < 1.29 is 4.79 Å². The van der Waals surface area contributed by atoms with Gasteiger partial charge in [-0.15, -0.1) is 11.8 Å². The SMILES string of the molecule is NC[C@H]1CCS[C@@H](c2cccc(-c3ccncc3)c2)C(=O)N1. The van der Waals surface area contributed by atoms with Gasteiger partial charge >= 0.3 is 0 Å². The van der Waals surface area contributed by atoms with Crippen molar-refractivity contribution in [1.29, 1.82) is 0 Å². The lowest BCUT2D eigenvalue weighted by Gasteiger charge is -2.16. The van der Waals surface area contributed by atoms with Crippen molar-refractivity contribution in [2.45, 2.75) is 17.7 Å². The van der Waals surface area contributed by atoms with Gasteiger partial charge in [0.05, 0.1) is 0 Å². The number of carbonyl (C=O) groups excluding carboxylic acids is 1. The lowest BCUT2D eigenvalue weighted by Crippen LogP contribution is -2.40. The zero-order valence-electron chi connectivity index (χ0n) is 12.2. The fraction of sp³-hybridized carbons (Fsp3) is 0.294. The summed E-state index contributed by atoms with van der Waals surface area (Å²) >= 11 is 1.69. The molecule has 1 aromatic carbocycles. The minimum Gasteiger partial charge on any atom is -0.351 e. The van der Waals surface area contributed by atoms with E-state index in [0.29, 0.717) is 6.54 Å². The number of amides is 1. The van der Waals surface area contributed by atoms with Gasteiger partial charge in [-0.1, -0.05) is 18.2 Å². The van der Waals surface area contributed by atoms with E-state index in [1.807, 2.05) is 24.3 Å². The fourth-order valence-corrected chi connectivity index (χ4v) is 3.82. The van der Waals surface area contributed by atoms with Crippen LogP contribution in [-0.2, 0) is 4.79 Å². The molecule has 0 aliphatic carbocycles. The van der Waals surface area contributed by atoms with E-state index >= 15 is 0 Å². The summed E-state index contributed by atoms with van der Waals surface area (Å²) in [5, 5.41) is 2.87. The summed E-state index contributed by atoms with van der Waals surface area (Å²) in [4.78, 5) is 16.5. The van der Waals surface area contributed by atoms with Crippen LogP contribution in [0, 0.1) is 0 Å². The number of rotatable bonds is 3. The Morgan fingerprint density at radius 3 is 2.82 bits per heavy atom. The van der Waals surface area contributed by atoms with Gasteiger partial charge in [0.1, 0.15) is 5.25 Å². The molecule has 1 aliphatic heterocycles. The van der Waals surface area contributed by atoms with Crippen molar-refractivity contribution in [2.24, 2.45) is 5.73 Å². The van der Waals surface area contributed by atoms with Crippen molar-refractivity contribution >= 4 is 17.7 Å². The molecule has 1 amide bonds. The minimum absolute atomic E-state index is 0.0600. The Balaban J connectivity index is 1.87. The second-order valence-electron chi connectivity index (χ2n) is 5.34. The topological polar surface area (TPSA) is 68.0 Å². The van der Waals surface area contributed by atoms with Crippen molar-refractivity contribution in [3.05, 3.63) is 54.4 Å². The lowest BCUT2D eigenvalue weighted by atomic mass is 10.0. The van der Waals surface area contributed by atoms with E-state index in [2.05, 4.69) is 22.4 Å². The number of nitrogens with one attached hydrogen (secondary N) is 1. The van der Waals surface area contributed by atoms with E-state index in [9.17, 15) is 4.79 Å². The molecule has 1 fully saturated rings. The van der Waals surface area contributed by atoms with Crippen molar-refractivity contribution in [3.8, 4) is 11.1 Å². The van der Waals surface area contributed by atoms with Gasteiger partial charge in [-0.25, -0.2) is 0 Å². The summed E-state index contributed by atoms with van der Waals surface area (Å²) in [6, 6.07) is 12.2. The number of benzene rings is 1. The minimum atomic E-state index is -0.168. The molecule has 5 heteroatoms. The second-order valence-corrected chi connectivity index (χ2v) is 6.56. The number of carbonyl (C=O) groups is 1. The Bertz CT molecular complexity index is 647. The van der Waals surface area contributed by atoms with Gasteiger partial charge in [-0.05, 0) is 47.1 Å². The summed E-state index contributed by atoms with van der Waals surface area (Å²) in [6.07, 6.45) is 4.48. The molecule has 4 nitrogen and oxygen atoms in total. The third-order valence-corrected chi connectivity index (χ3v) is 5.11. The first-order chi connectivity index (χ1) is 10.8. The molecular weight excluding hydrogens is 294 g/mol. The predicted molar refractivity (Wildman–Crippen MR) is 90.5 cm³/mol. The quantitative estimate of drug-likeness (QED) is 0.913. The van der Waals surface area contributed by atoms with Crippen LogP contribution in [0.1, 0.15) is 17.2 Å². The maximum Gasteiger partial charge on any atom is 0.237 e. The first-order valence-electron chi connectivity index (χ1n) is 7.40. The molecule has 0 unspecified atom stereocenters. The first kappa shape index (κ1) is 15.1. The number of thioether (sulfide) groups is 1. The molecule has 22 heavy (non-hydrogen) atoms. The highest BCUT2D eigenvalue weighted by atomic mass is 32.2. The smallest absolute Gasteiger partial charge is 0.237 e. The van der Waals surface area contributed by atoms with Crippen LogP contribution >= 0.6 is 11.8 Å². The van der Waals surface area contributed by atoms with Crippen LogP contribution in [-0.4, -0.2) is 29.2 Å². The number of pyridine rings is 1. The van der Waals surface area contributed by atoms with E-state index in [1.165, 1.54) is 0 Å². The number of hydrogen-bond acceptors (Lipinski definition) is 4. The zero-order chi connectivity index (χ0) is 15.4. The van der Waals surface area contributed by atoms with Gasteiger partial charge in [0.25, 0.3) is 0 Å². The summed E-state index contributed by atoms with van der Waals surface area (Å²) in [7, 11) is 0. The molecule has 114 valence electrons. The van der Waals surface area contributed by atoms with E-state index in [4.69, 9.17) is 5.73 Å². The molecule has 0 saturated carbocycles. The van der Waals surface area contributed by atoms with Crippen LogP contribution in [0.4, 0.5) is 0 Å². The Morgan fingerprint density at radius 2 is 2.05 bits per heavy atom. The third-order valence-electron chi connectivity index (χ3n) is 3.82. The van der Waals surface area contributed by atoms with Crippen molar-refractivity contribution in [1.82, 2.24) is 10.3 Å². The Kier molecular flexibility index (Phi) is 4.75. The average molecular weight is 313 g/mol. The summed E-state index contributed by atoms with van der Waals surface area (Å²) in [6.45, 7) is 0.496. The van der Waals surface area contributed by atoms with E-state index in [-0.39, 0.29) is 17.2 Å². The highest BCUT2D eigenvalue weighted by Crippen LogP contribution is 2.34. The molecule has 1 aromatic heterocycles. The van der Waals surface area contributed by atoms with E-state index in [1.54, 1.807) is 24.2 Å². The maximum atomic E-state index is 12.4. The van der Waals surface area contributed by atoms with Crippen molar-refractivity contribution in [3.63, 3.8) is 0 Å². The molecular formula is C17H19N3OS. The molecule has 0 spiro atoms. The normalized spacial score (nSPS) is 22.0. The van der Waals surface area contributed by atoms with Crippen LogP contribution in [0.3, 0.4) is 0 Å². The molecule has 1 saturated heterocycles. The van der Waals surface area contributed by atoms with Crippen molar-refractivity contribution in [2.75, 3.05) is 12.3 Å².